The molecule has 0 heteroatoms. The monoisotopic (exact) mass is 158 g/mol. The van der Waals surface area contributed by atoms with Gasteiger partial charge in [0.15, 0.2) is 0 Å². The Kier molecular flexibility index (Phi) is 2.32. The van der Waals surface area contributed by atoms with Crippen molar-refractivity contribution in [2.45, 2.75) is 25.7 Å². The fourth-order valence-electron chi connectivity index (χ4n) is 1.72. The summed E-state index contributed by atoms with van der Waals surface area (Å²) in [6, 6.07) is 0. The van der Waals surface area contributed by atoms with Gasteiger partial charge in [-0.3, -0.25) is 0 Å². The average molecular weight is 158 g/mol. The highest BCUT2D eigenvalue weighted by atomic mass is 14.1. The van der Waals surface area contributed by atoms with Crippen LogP contribution in [0.15, 0.2) is 24.3 Å². The molecular formula is C12H14. The standard InChI is InChI=1S/C12H14/c1-2-6-11(5-1)9-10-12-7-3-4-8-12/h1,3,5,7,11-12H,2,4,6,8H2. The fraction of sp³-hybridized carbons (Fsp3) is 0.500. The van der Waals surface area contributed by atoms with Crippen LogP contribution in [0.4, 0.5) is 0 Å². The Labute approximate surface area is 74.4 Å². The molecule has 0 bridgehead atoms. The fourth-order valence-corrected chi connectivity index (χ4v) is 1.72. The molecule has 62 valence electrons. The highest BCUT2D eigenvalue weighted by Crippen LogP contribution is 2.18. The maximum atomic E-state index is 3.34. The van der Waals surface area contributed by atoms with Gasteiger partial charge < -0.3 is 0 Å². The van der Waals surface area contributed by atoms with Gasteiger partial charge in [0.05, 0.1) is 0 Å². The third-order valence-electron chi connectivity index (χ3n) is 2.48. The summed E-state index contributed by atoms with van der Waals surface area (Å²) < 4.78 is 0. The van der Waals surface area contributed by atoms with Crippen molar-refractivity contribution < 1.29 is 0 Å². The number of rotatable bonds is 0. The van der Waals surface area contributed by atoms with Crippen LogP contribution in [-0.4, -0.2) is 0 Å². The molecule has 0 aromatic rings. The molecule has 0 radical (unpaired) electrons. The zero-order chi connectivity index (χ0) is 8.23. The molecule has 2 unspecified atom stereocenters. The second kappa shape index (κ2) is 3.63. The molecule has 2 aliphatic rings. The lowest BCUT2D eigenvalue weighted by atomic mass is 10.1. The largest absolute Gasteiger partial charge is 0.0951 e. The van der Waals surface area contributed by atoms with Gasteiger partial charge in [-0.15, -0.1) is 0 Å². The summed E-state index contributed by atoms with van der Waals surface area (Å²) >= 11 is 0. The van der Waals surface area contributed by atoms with Crippen molar-refractivity contribution in [1.29, 1.82) is 0 Å². The van der Waals surface area contributed by atoms with Gasteiger partial charge in [0.2, 0.25) is 0 Å². The molecule has 0 aromatic heterocycles. The van der Waals surface area contributed by atoms with Crippen LogP contribution in [0.1, 0.15) is 25.7 Å². The van der Waals surface area contributed by atoms with Crippen LogP contribution in [0, 0.1) is 23.7 Å². The number of hydrogen-bond acceptors (Lipinski definition) is 0. The molecule has 0 aromatic carbocycles. The van der Waals surface area contributed by atoms with Crippen LogP contribution in [0.3, 0.4) is 0 Å². The quantitative estimate of drug-likeness (QED) is 0.375. The van der Waals surface area contributed by atoms with Crippen LogP contribution in [0.25, 0.3) is 0 Å². The second-order valence-corrected chi connectivity index (χ2v) is 3.51. The molecular weight excluding hydrogens is 144 g/mol. The third kappa shape index (κ3) is 1.80. The molecule has 0 fully saturated rings. The first kappa shape index (κ1) is 7.68. The van der Waals surface area contributed by atoms with E-state index in [0.29, 0.717) is 11.8 Å². The zero-order valence-electron chi connectivity index (χ0n) is 7.29. The summed E-state index contributed by atoms with van der Waals surface area (Å²) in [5.74, 6) is 7.78. The van der Waals surface area contributed by atoms with Crippen molar-refractivity contribution in [3.63, 3.8) is 0 Å². The summed E-state index contributed by atoms with van der Waals surface area (Å²) in [5.41, 5.74) is 0. The lowest BCUT2D eigenvalue weighted by Gasteiger charge is -1.97. The Morgan fingerprint density at radius 2 is 1.33 bits per heavy atom. The summed E-state index contributed by atoms with van der Waals surface area (Å²) in [6.45, 7) is 0. The van der Waals surface area contributed by atoms with Crippen LogP contribution >= 0.6 is 0 Å². The van der Waals surface area contributed by atoms with Gasteiger partial charge in [-0.05, 0) is 25.7 Å². The normalized spacial score (nSPS) is 32.0. The lowest BCUT2D eigenvalue weighted by molar-refractivity contribution is 0.773. The first-order valence-electron chi connectivity index (χ1n) is 4.79. The zero-order valence-corrected chi connectivity index (χ0v) is 7.29. The molecule has 0 saturated heterocycles. The van der Waals surface area contributed by atoms with Gasteiger partial charge in [-0.2, -0.15) is 0 Å². The van der Waals surface area contributed by atoms with E-state index in [1.807, 2.05) is 0 Å². The minimum atomic E-state index is 0.555. The molecule has 2 aliphatic carbocycles. The molecule has 2 rings (SSSR count). The van der Waals surface area contributed by atoms with Gasteiger partial charge in [-0.1, -0.05) is 36.1 Å². The Hall–Kier alpha value is -0.960. The van der Waals surface area contributed by atoms with E-state index in [-0.39, 0.29) is 0 Å². The highest BCUT2D eigenvalue weighted by molar-refractivity contribution is 5.20. The smallest absolute Gasteiger partial charge is 0.0385 e. The van der Waals surface area contributed by atoms with Crippen LogP contribution in [-0.2, 0) is 0 Å². The van der Waals surface area contributed by atoms with E-state index in [1.165, 1.54) is 25.7 Å². The third-order valence-corrected chi connectivity index (χ3v) is 2.48. The Morgan fingerprint density at radius 1 is 0.833 bits per heavy atom. The predicted octanol–water partition coefficient (Wildman–Crippen LogP) is 2.92. The molecule has 0 heterocycles. The van der Waals surface area contributed by atoms with Gasteiger partial charge in [-0.25, -0.2) is 0 Å². The minimum Gasteiger partial charge on any atom is -0.0951 e. The Balaban J connectivity index is 1.90. The predicted molar refractivity (Wildman–Crippen MR) is 51.5 cm³/mol. The summed E-state index contributed by atoms with van der Waals surface area (Å²) in [4.78, 5) is 0. The number of hydrogen-bond donors (Lipinski definition) is 0. The van der Waals surface area contributed by atoms with Crippen molar-refractivity contribution in [2.24, 2.45) is 11.8 Å². The first-order chi connectivity index (χ1) is 5.95. The molecule has 12 heavy (non-hydrogen) atoms. The topological polar surface area (TPSA) is 0 Å². The highest BCUT2D eigenvalue weighted by Gasteiger charge is 2.07. The lowest BCUT2D eigenvalue weighted by Crippen LogP contribution is -1.89. The molecule has 0 saturated carbocycles. The van der Waals surface area contributed by atoms with E-state index >= 15 is 0 Å². The van der Waals surface area contributed by atoms with E-state index in [9.17, 15) is 0 Å². The van der Waals surface area contributed by atoms with Crippen molar-refractivity contribution in [3.05, 3.63) is 24.3 Å². The maximum Gasteiger partial charge on any atom is 0.0385 e. The maximum absolute atomic E-state index is 3.34. The Morgan fingerprint density at radius 3 is 1.67 bits per heavy atom. The molecule has 0 spiro atoms. The van der Waals surface area contributed by atoms with Gasteiger partial charge in [0.1, 0.15) is 0 Å². The molecule has 0 N–H and O–H groups in total. The van der Waals surface area contributed by atoms with Crippen LogP contribution < -0.4 is 0 Å². The van der Waals surface area contributed by atoms with Gasteiger partial charge >= 0.3 is 0 Å². The molecule has 0 aliphatic heterocycles. The minimum absolute atomic E-state index is 0.555. The van der Waals surface area contributed by atoms with E-state index in [2.05, 4.69) is 36.1 Å². The first-order valence-corrected chi connectivity index (χ1v) is 4.79. The Bertz CT molecular complexity index is 233. The molecule has 0 amide bonds. The van der Waals surface area contributed by atoms with Gasteiger partial charge in [0.25, 0.3) is 0 Å². The van der Waals surface area contributed by atoms with Crippen LogP contribution in [0.5, 0.6) is 0 Å². The van der Waals surface area contributed by atoms with Crippen molar-refractivity contribution in [3.8, 4) is 11.8 Å². The van der Waals surface area contributed by atoms with Crippen molar-refractivity contribution in [1.82, 2.24) is 0 Å². The molecule has 0 nitrogen and oxygen atoms in total. The van der Waals surface area contributed by atoms with Crippen molar-refractivity contribution in [2.75, 3.05) is 0 Å². The second-order valence-electron chi connectivity index (χ2n) is 3.51. The number of allylic oxidation sites excluding steroid dienone is 4. The summed E-state index contributed by atoms with van der Waals surface area (Å²) in [5, 5.41) is 0. The van der Waals surface area contributed by atoms with Crippen molar-refractivity contribution >= 4 is 0 Å². The van der Waals surface area contributed by atoms with E-state index in [1.54, 1.807) is 0 Å². The van der Waals surface area contributed by atoms with E-state index in [4.69, 9.17) is 0 Å². The summed E-state index contributed by atoms with van der Waals surface area (Å²) in [6.07, 6.45) is 13.9. The average Bonchev–Trinajstić information content (AvgIpc) is 2.74. The summed E-state index contributed by atoms with van der Waals surface area (Å²) in [7, 11) is 0. The van der Waals surface area contributed by atoms with Gasteiger partial charge in [0, 0.05) is 11.8 Å². The van der Waals surface area contributed by atoms with E-state index in [0.717, 1.165) is 0 Å². The van der Waals surface area contributed by atoms with E-state index < -0.39 is 0 Å². The molecule has 2 atom stereocenters. The van der Waals surface area contributed by atoms with Crippen LogP contribution in [0.2, 0.25) is 0 Å². The SMILES string of the molecule is C(#CC1C=CCC1)C1C=CCC1.